The van der Waals surface area contributed by atoms with Crippen LogP contribution >= 0.6 is 0 Å². The van der Waals surface area contributed by atoms with Crippen molar-refractivity contribution in [2.75, 3.05) is 10.3 Å². The summed E-state index contributed by atoms with van der Waals surface area (Å²) < 4.78 is 1.72. The molecule has 0 radical (unpaired) electrons. The number of carbonyl (C=O) groups is 3. The summed E-state index contributed by atoms with van der Waals surface area (Å²) >= 11 is 0. The Hall–Kier alpha value is -2.89. The Morgan fingerprint density at radius 1 is 1.00 bits per heavy atom. The second kappa shape index (κ2) is 6.93. The van der Waals surface area contributed by atoms with Crippen molar-refractivity contribution in [1.82, 2.24) is 4.68 Å². The number of hydrogen-bond acceptors (Lipinski definition) is 3. The average molecular weight is 379 g/mol. The number of rotatable bonds is 3. The smallest absolute Gasteiger partial charge is 0.270 e. The van der Waals surface area contributed by atoms with Gasteiger partial charge in [0.15, 0.2) is 0 Å². The van der Waals surface area contributed by atoms with Gasteiger partial charge in [-0.25, -0.2) is 0 Å². The van der Waals surface area contributed by atoms with E-state index >= 15 is 0 Å². The van der Waals surface area contributed by atoms with E-state index in [2.05, 4.69) is 12.3 Å². The van der Waals surface area contributed by atoms with Gasteiger partial charge >= 0.3 is 0 Å². The molecule has 1 aromatic heterocycles. The van der Waals surface area contributed by atoms with Crippen LogP contribution in [0.4, 0.5) is 5.69 Å². The lowest BCUT2D eigenvalue weighted by Crippen LogP contribution is -2.31. The van der Waals surface area contributed by atoms with Crippen molar-refractivity contribution in [2.24, 2.45) is 17.8 Å². The molecule has 2 heterocycles. The Bertz CT molecular complexity index is 942. The predicted molar refractivity (Wildman–Crippen MR) is 107 cm³/mol. The number of fused-ring (bicyclic) bond motifs is 1. The highest BCUT2D eigenvalue weighted by Gasteiger charge is 2.50. The molecule has 4 rings (SSSR count). The molecule has 1 saturated carbocycles. The van der Waals surface area contributed by atoms with Crippen molar-refractivity contribution in [2.45, 2.75) is 40.0 Å². The minimum atomic E-state index is -0.283. The van der Waals surface area contributed by atoms with E-state index in [1.54, 1.807) is 28.9 Å². The molecule has 28 heavy (non-hydrogen) atoms. The number of aryl methyl sites for hydroxylation is 2. The van der Waals surface area contributed by atoms with E-state index in [9.17, 15) is 14.4 Å². The minimum absolute atomic E-state index is 0.128. The van der Waals surface area contributed by atoms with Gasteiger partial charge in [0.1, 0.15) is 0 Å². The fourth-order valence-corrected chi connectivity index (χ4v) is 4.44. The van der Waals surface area contributed by atoms with E-state index in [4.69, 9.17) is 0 Å². The first-order valence-corrected chi connectivity index (χ1v) is 9.81. The van der Waals surface area contributed by atoms with Crippen LogP contribution in [0.25, 0.3) is 0 Å². The third kappa shape index (κ3) is 3.03. The topological polar surface area (TPSA) is 71.4 Å². The number of nitrogens with zero attached hydrogens (tertiary/aromatic N) is 2. The highest BCUT2D eigenvalue weighted by Crippen LogP contribution is 2.42. The quantitative estimate of drug-likeness (QED) is 0.831. The van der Waals surface area contributed by atoms with Gasteiger partial charge in [0, 0.05) is 17.0 Å². The lowest BCUT2D eigenvalue weighted by atomic mass is 9.76. The standard InChI is InChI=1S/C22H25N3O3/c1-13-7-10-18-19(11-13)22(28)24(21(18)27)17-6-4-5-16(12-17)20(26)23-25-14(2)8-9-15(25)3/h4-6,8-9,12-13,18-19H,7,10-11H2,1-3H3,(H,23,26)/t13-,18+,19-/m0/s1. The molecule has 1 aromatic carbocycles. The number of benzene rings is 1. The molecule has 2 aromatic rings. The lowest BCUT2D eigenvalue weighted by Gasteiger charge is -2.25. The van der Waals surface area contributed by atoms with Crippen molar-refractivity contribution in [1.29, 1.82) is 0 Å². The molecule has 6 nitrogen and oxygen atoms in total. The zero-order valence-electron chi connectivity index (χ0n) is 16.4. The third-order valence-electron chi connectivity index (χ3n) is 6.04. The summed E-state index contributed by atoms with van der Waals surface area (Å²) in [6.45, 7) is 5.95. The van der Waals surface area contributed by atoms with E-state index < -0.39 is 0 Å². The first-order valence-electron chi connectivity index (χ1n) is 9.81. The average Bonchev–Trinajstić information content (AvgIpc) is 3.12. The van der Waals surface area contributed by atoms with Gasteiger partial charge in [0.05, 0.1) is 17.5 Å². The van der Waals surface area contributed by atoms with Crippen molar-refractivity contribution in [3.05, 3.63) is 53.3 Å². The molecule has 146 valence electrons. The van der Waals surface area contributed by atoms with Crippen molar-refractivity contribution in [3.8, 4) is 0 Å². The molecule has 6 heteroatoms. The maximum Gasteiger partial charge on any atom is 0.270 e. The van der Waals surface area contributed by atoms with Gasteiger partial charge in [-0.15, -0.1) is 0 Å². The van der Waals surface area contributed by atoms with Gasteiger partial charge in [-0.1, -0.05) is 13.0 Å². The Kier molecular flexibility index (Phi) is 4.57. The summed E-state index contributed by atoms with van der Waals surface area (Å²) in [5, 5.41) is 0. The number of aromatic nitrogens is 1. The number of carbonyl (C=O) groups excluding carboxylic acids is 3. The van der Waals surface area contributed by atoms with Crippen LogP contribution in [0.15, 0.2) is 36.4 Å². The van der Waals surface area contributed by atoms with Crippen LogP contribution in [-0.4, -0.2) is 22.4 Å². The van der Waals surface area contributed by atoms with Gasteiger partial charge in [-0.05, 0) is 69.4 Å². The summed E-state index contributed by atoms with van der Waals surface area (Å²) in [6.07, 6.45) is 2.50. The van der Waals surface area contributed by atoms with Gasteiger partial charge in [0.25, 0.3) is 5.91 Å². The van der Waals surface area contributed by atoms with Gasteiger partial charge in [-0.2, -0.15) is 0 Å². The van der Waals surface area contributed by atoms with Gasteiger partial charge in [0.2, 0.25) is 11.8 Å². The Morgan fingerprint density at radius 3 is 2.39 bits per heavy atom. The zero-order chi connectivity index (χ0) is 20.0. The SMILES string of the molecule is Cc1ccc(C)n1NC(=O)c1cccc(N2C(=O)[C@H]3C[C@@H](C)CC[C@H]3C2=O)c1. The molecular formula is C22H25N3O3. The molecule has 3 amide bonds. The van der Waals surface area contributed by atoms with Crippen LogP contribution in [0.3, 0.4) is 0 Å². The largest absolute Gasteiger partial charge is 0.274 e. The van der Waals surface area contributed by atoms with Crippen LogP contribution in [-0.2, 0) is 9.59 Å². The summed E-state index contributed by atoms with van der Waals surface area (Å²) in [6, 6.07) is 10.6. The van der Waals surface area contributed by atoms with Gasteiger partial charge < -0.3 is 0 Å². The normalized spacial score (nSPS) is 24.4. The molecule has 2 aliphatic rings. The Balaban J connectivity index is 1.59. The summed E-state index contributed by atoms with van der Waals surface area (Å²) in [4.78, 5) is 39.8. The lowest BCUT2D eigenvalue weighted by molar-refractivity contribution is -0.122. The van der Waals surface area contributed by atoms with E-state index in [-0.39, 0.29) is 29.6 Å². The number of hydrogen-bond donors (Lipinski definition) is 1. The zero-order valence-corrected chi connectivity index (χ0v) is 16.4. The highest BCUT2D eigenvalue weighted by atomic mass is 16.2. The first-order chi connectivity index (χ1) is 13.4. The summed E-state index contributed by atoms with van der Waals surface area (Å²) in [5.74, 6) is -0.518. The van der Waals surface area contributed by atoms with E-state index in [1.165, 1.54) is 4.90 Å². The van der Waals surface area contributed by atoms with Crippen LogP contribution in [0, 0.1) is 31.6 Å². The third-order valence-corrected chi connectivity index (χ3v) is 6.04. The number of nitrogens with one attached hydrogen (secondary N) is 1. The maximum atomic E-state index is 12.9. The van der Waals surface area contributed by atoms with E-state index in [1.807, 2.05) is 26.0 Å². The van der Waals surface area contributed by atoms with Crippen molar-refractivity contribution < 1.29 is 14.4 Å². The van der Waals surface area contributed by atoms with Crippen LogP contribution in [0.5, 0.6) is 0 Å². The predicted octanol–water partition coefficient (Wildman–Crippen LogP) is 3.41. The molecule has 3 atom stereocenters. The van der Waals surface area contributed by atoms with E-state index in [0.717, 1.165) is 30.7 Å². The minimum Gasteiger partial charge on any atom is -0.274 e. The molecule has 0 spiro atoms. The second-order valence-electron chi connectivity index (χ2n) is 8.09. The molecule has 1 aliphatic carbocycles. The molecule has 0 bridgehead atoms. The number of anilines is 1. The summed E-state index contributed by atoms with van der Waals surface area (Å²) in [5.41, 5.74) is 5.59. The summed E-state index contributed by atoms with van der Waals surface area (Å²) in [7, 11) is 0. The van der Waals surface area contributed by atoms with E-state index in [0.29, 0.717) is 17.2 Å². The molecule has 1 aliphatic heterocycles. The number of imide groups is 1. The second-order valence-corrected chi connectivity index (χ2v) is 8.09. The Morgan fingerprint density at radius 2 is 1.68 bits per heavy atom. The fourth-order valence-electron chi connectivity index (χ4n) is 4.44. The van der Waals surface area contributed by atoms with Crippen molar-refractivity contribution in [3.63, 3.8) is 0 Å². The van der Waals surface area contributed by atoms with Gasteiger partial charge in [-0.3, -0.25) is 29.4 Å². The maximum absolute atomic E-state index is 12.9. The van der Waals surface area contributed by atoms with Crippen molar-refractivity contribution >= 4 is 23.4 Å². The highest BCUT2D eigenvalue weighted by molar-refractivity contribution is 6.22. The molecule has 1 N–H and O–H groups in total. The van der Waals surface area contributed by atoms with Crippen LogP contribution in [0.2, 0.25) is 0 Å². The first kappa shape index (κ1) is 18.5. The molecule has 1 saturated heterocycles. The molecule has 0 unspecified atom stereocenters. The van der Waals surface area contributed by atoms with Crippen LogP contribution in [0.1, 0.15) is 47.9 Å². The monoisotopic (exact) mass is 379 g/mol. The molecular weight excluding hydrogens is 354 g/mol. The fraction of sp³-hybridized carbons (Fsp3) is 0.409. The number of amides is 3. The van der Waals surface area contributed by atoms with Crippen LogP contribution < -0.4 is 10.3 Å². The molecule has 2 fully saturated rings. The Labute approximate surface area is 164 Å².